The molecular weight excluding hydrogens is 212 g/mol. The van der Waals surface area contributed by atoms with E-state index in [9.17, 15) is 9.59 Å². The minimum atomic E-state index is -1.02. The molecule has 0 fully saturated rings. The van der Waals surface area contributed by atoms with Gasteiger partial charge < -0.3 is 20.1 Å². The van der Waals surface area contributed by atoms with Gasteiger partial charge in [-0.15, -0.1) is 0 Å². The van der Waals surface area contributed by atoms with E-state index in [1.807, 2.05) is 6.92 Å². The van der Waals surface area contributed by atoms with Gasteiger partial charge in [0.05, 0.1) is 6.10 Å². The smallest absolute Gasteiger partial charge is 0.323 e. The highest BCUT2D eigenvalue weighted by Crippen LogP contribution is 1.98. The molecule has 0 rings (SSSR count). The highest BCUT2D eigenvalue weighted by Gasteiger charge is 2.19. The molecule has 16 heavy (non-hydrogen) atoms. The molecule has 6 nitrogen and oxygen atoms in total. The second kappa shape index (κ2) is 7.05. The number of nitrogens with zero attached hydrogens (tertiary/aromatic N) is 1. The predicted octanol–water partition coefficient (Wildman–Crippen LogP) is 0.526. The summed E-state index contributed by atoms with van der Waals surface area (Å²) in [5, 5.41) is 11.3. The zero-order valence-electron chi connectivity index (χ0n) is 10.2. The summed E-state index contributed by atoms with van der Waals surface area (Å²) in [6.45, 7) is 5.41. The predicted molar refractivity (Wildman–Crippen MR) is 59.3 cm³/mol. The molecule has 2 amide bonds. The number of methoxy groups -OCH3 is 1. The number of carboxylic acids is 1. The Morgan fingerprint density at radius 3 is 2.31 bits per heavy atom. The molecule has 0 aromatic carbocycles. The maximum atomic E-state index is 11.6. The average molecular weight is 232 g/mol. The van der Waals surface area contributed by atoms with Crippen LogP contribution in [0.15, 0.2) is 0 Å². The number of ether oxygens (including phenoxy) is 1. The first-order valence-corrected chi connectivity index (χ1v) is 5.17. The molecule has 0 saturated heterocycles. The van der Waals surface area contributed by atoms with Crippen molar-refractivity contribution in [3.63, 3.8) is 0 Å². The van der Waals surface area contributed by atoms with Crippen molar-refractivity contribution >= 4 is 12.0 Å². The number of carbonyl (C=O) groups is 2. The zero-order valence-corrected chi connectivity index (χ0v) is 10.2. The monoisotopic (exact) mass is 232 g/mol. The number of nitrogens with one attached hydrogen (secondary N) is 1. The number of carbonyl (C=O) groups excluding carboxylic acids is 1. The molecule has 2 N–H and O–H groups in total. The van der Waals surface area contributed by atoms with Gasteiger partial charge >= 0.3 is 12.0 Å². The normalized spacial score (nSPS) is 12.3. The molecule has 0 aliphatic heterocycles. The van der Waals surface area contributed by atoms with Crippen molar-refractivity contribution < 1.29 is 19.4 Å². The zero-order chi connectivity index (χ0) is 12.7. The number of carboxylic acid groups (broad SMARTS) is 1. The van der Waals surface area contributed by atoms with Crippen molar-refractivity contribution in [1.29, 1.82) is 0 Å². The molecule has 0 spiro atoms. The number of urea groups is 1. The van der Waals surface area contributed by atoms with E-state index in [0.717, 1.165) is 0 Å². The minimum Gasteiger partial charge on any atom is -0.480 e. The van der Waals surface area contributed by atoms with E-state index in [0.29, 0.717) is 6.54 Å². The summed E-state index contributed by atoms with van der Waals surface area (Å²) < 4.78 is 4.97. The van der Waals surface area contributed by atoms with Crippen LogP contribution in [-0.2, 0) is 9.53 Å². The Labute approximate surface area is 95.6 Å². The fourth-order valence-electron chi connectivity index (χ4n) is 1.05. The lowest BCUT2D eigenvalue weighted by atomic mass is 10.3. The largest absolute Gasteiger partial charge is 0.480 e. The lowest BCUT2D eigenvalue weighted by Crippen LogP contribution is -2.48. The Balaban J connectivity index is 4.22. The molecule has 0 radical (unpaired) electrons. The molecule has 6 heteroatoms. The molecule has 0 aromatic rings. The first kappa shape index (κ1) is 14.7. The summed E-state index contributed by atoms with van der Waals surface area (Å²) in [6, 6.07) is -0.546. The van der Waals surface area contributed by atoms with Crippen LogP contribution < -0.4 is 5.32 Å². The van der Waals surface area contributed by atoms with E-state index >= 15 is 0 Å². The molecule has 1 atom stereocenters. The number of aliphatic carboxylic acids is 1. The Hall–Kier alpha value is -1.30. The van der Waals surface area contributed by atoms with E-state index in [4.69, 9.17) is 9.84 Å². The Morgan fingerprint density at radius 1 is 1.38 bits per heavy atom. The van der Waals surface area contributed by atoms with Crippen molar-refractivity contribution in [1.82, 2.24) is 10.2 Å². The summed E-state index contributed by atoms with van der Waals surface area (Å²) in [5.41, 5.74) is 0. The molecule has 0 saturated carbocycles. The summed E-state index contributed by atoms with van der Waals surface area (Å²) >= 11 is 0. The number of amides is 2. The van der Waals surface area contributed by atoms with Crippen molar-refractivity contribution in [2.24, 2.45) is 0 Å². The minimum absolute atomic E-state index is 0.0946. The van der Waals surface area contributed by atoms with Crippen molar-refractivity contribution in [3.05, 3.63) is 0 Å². The van der Waals surface area contributed by atoms with Gasteiger partial charge in [-0.05, 0) is 20.8 Å². The third kappa shape index (κ3) is 5.55. The third-order valence-corrected chi connectivity index (χ3v) is 2.13. The van der Waals surface area contributed by atoms with Crippen LogP contribution in [0.1, 0.15) is 20.8 Å². The van der Waals surface area contributed by atoms with Gasteiger partial charge in [0.1, 0.15) is 6.54 Å². The van der Waals surface area contributed by atoms with E-state index in [1.165, 1.54) is 4.90 Å². The van der Waals surface area contributed by atoms with Crippen molar-refractivity contribution in [3.8, 4) is 0 Å². The Kier molecular flexibility index (Phi) is 6.48. The molecule has 0 aliphatic rings. The van der Waals surface area contributed by atoms with Gasteiger partial charge in [0.25, 0.3) is 0 Å². The van der Waals surface area contributed by atoms with Crippen LogP contribution in [0.4, 0.5) is 4.79 Å². The SMILES string of the molecule is COC(C)CNC(=O)N(CC(=O)O)C(C)C. The number of hydrogen-bond donors (Lipinski definition) is 2. The second-order valence-electron chi connectivity index (χ2n) is 3.85. The van der Waals surface area contributed by atoms with Gasteiger partial charge in [0, 0.05) is 19.7 Å². The highest BCUT2D eigenvalue weighted by atomic mass is 16.5. The van der Waals surface area contributed by atoms with Crippen LogP contribution >= 0.6 is 0 Å². The van der Waals surface area contributed by atoms with E-state index in [-0.39, 0.29) is 24.7 Å². The molecular formula is C10H20N2O4. The first-order valence-electron chi connectivity index (χ1n) is 5.17. The average Bonchev–Trinajstić information content (AvgIpc) is 2.21. The summed E-state index contributed by atoms with van der Waals surface area (Å²) in [7, 11) is 1.55. The van der Waals surface area contributed by atoms with Crippen LogP contribution in [0, 0.1) is 0 Å². The molecule has 94 valence electrons. The van der Waals surface area contributed by atoms with Crippen LogP contribution in [0.5, 0.6) is 0 Å². The van der Waals surface area contributed by atoms with Gasteiger partial charge in [-0.1, -0.05) is 0 Å². The lowest BCUT2D eigenvalue weighted by molar-refractivity contribution is -0.138. The molecule has 0 aliphatic carbocycles. The van der Waals surface area contributed by atoms with E-state index in [1.54, 1.807) is 21.0 Å². The van der Waals surface area contributed by atoms with Crippen LogP contribution in [0.3, 0.4) is 0 Å². The van der Waals surface area contributed by atoms with Gasteiger partial charge in [0.15, 0.2) is 0 Å². The summed E-state index contributed by atoms with van der Waals surface area (Å²) in [6.07, 6.45) is -0.0946. The standard InChI is InChI=1S/C10H20N2O4/c1-7(2)12(6-9(13)14)10(15)11-5-8(3)16-4/h7-8H,5-6H2,1-4H3,(H,11,15)(H,13,14). The van der Waals surface area contributed by atoms with Crippen LogP contribution in [-0.4, -0.2) is 54.4 Å². The Morgan fingerprint density at radius 2 is 1.94 bits per heavy atom. The van der Waals surface area contributed by atoms with Gasteiger partial charge in [-0.25, -0.2) is 4.79 Å². The topological polar surface area (TPSA) is 78.9 Å². The van der Waals surface area contributed by atoms with Crippen molar-refractivity contribution in [2.45, 2.75) is 32.9 Å². The lowest BCUT2D eigenvalue weighted by Gasteiger charge is -2.25. The molecule has 1 unspecified atom stereocenters. The third-order valence-electron chi connectivity index (χ3n) is 2.13. The van der Waals surface area contributed by atoms with E-state index in [2.05, 4.69) is 5.32 Å². The second-order valence-corrected chi connectivity index (χ2v) is 3.85. The van der Waals surface area contributed by atoms with Crippen LogP contribution in [0.25, 0.3) is 0 Å². The molecule has 0 aromatic heterocycles. The van der Waals surface area contributed by atoms with Gasteiger partial charge in [-0.3, -0.25) is 4.79 Å². The fraction of sp³-hybridized carbons (Fsp3) is 0.800. The Bertz CT molecular complexity index is 243. The maximum absolute atomic E-state index is 11.6. The maximum Gasteiger partial charge on any atom is 0.323 e. The number of rotatable bonds is 6. The van der Waals surface area contributed by atoms with Gasteiger partial charge in [-0.2, -0.15) is 0 Å². The van der Waals surface area contributed by atoms with E-state index < -0.39 is 5.97 Å². The molecule has 0 bridgehead atoms. The number of hydrogen-bond acceptors (Lipinski definition) is 3. The summed E-state index contributed by atoms with van der Waals surface area (Å²) in [5.74, 6) is -1.02. The summed E-state index contributed by atoms with van der Waals surface area (Å²) in [4.78, 5) is 23.5. The quantitative estimate of drug-likeness (QED) is 0.700. The first-order chi connectivity index (χ1) is 7.38. The van der Waals surface area contributed by atoms with Gasteiger partial charge in [0.2, 0.25) is 0 Å². The fourth-order valence-corrected chi connectivity index (χ4v) is 1.05. The molecule has 0 heterocycles. The highest BCUT2D eigenvalue weighted by molar-refractivity contribution is 5.80. The van der Waals surface area contributed by atoms with Crippen LogP contribution in [0.2, 0.25) is 0 Å². The van der Waals surface area contributed by atoms with Crippen molar-refractivity contribution in [2.75, 3.05) is 20.2 Å².